The van der Waals surface area contributed by atoms with Crippen molar-refractivity contribution in [1.82, 2.24) is 15.0 Å². The van der Waals surface area contributed by atoms with Crippen molar-refractivity contribution in [2.24, 2.45) is 7.05 Å². The highest BCUT2D eigenvalue weighted by Crippen LogP contribution is 2.22. The van der Waals surface area contributed by atoms with Gasteiger partial charge in [-0.25, -0.2) is 4.68 Å². The molecule has 0 saturated carbocycles. The molecule has 0 unspecified atom stereocenters. The van der Waals surface area contributed by atoms with E-state index in [1.165, 1.54) is 11.7 Å². The summed E-state index contributed by atoms with van der Waals surface area (Å²) in [4.78, 5) is 1.93. The summed E-state index contributed by atoms with van der Waals surface area (Å²) >= 11 is 3.08. The highest BCUT2D eigenvalue weighted by Gasteiger charge is 2.23. The van der Waals surface area contributed by atoms with Crippen molar-refractivity contribution in [2.75, 3.05) is 23.7 Å². The number of anilines is 2. The summed E-state index contributed by atoms with van der Waals surface area (Å²) < 4.78 is 28.4. The summed E-state index contributed by atoms with van der Waals surface area (Å²) in [5, 5.41) is 7.30. The van der Waals surface area contributed by atoms with Crippen LogP contribution in [0.4, 0.5) is 11.4 Å². The van der Waals surface area contributed by atoms with Gasteiger partial charge >= 0.3 is 0 Å². The maximum absolute atomic E-state index is 12.3. The number of aryl methyl sites for hydroxylation is 1. The Morgan fingerprint density at radius 3 is 2.30 bits per heavy atom. The fraction of sp³-hybridized carbons (Fsp3) is 0.273. The topological polar surface area (TPSA) is 80.1 Å². The van der Waals surface area contributed by atoms with E-state index in [-0.39, 0.29) is 9.63 Å². The minimum absolute atomic E-state index is 0.0193. The molecule has 108 valence electrons. The van der Waals surface area contributed by atoms with E-state index >= 15 is 0 Å². The number of sulfonamides is 1. The first kappa shape index (κ1) is 14.8. The van der Waals surface area contributed by atoms with Gasteiger partial charge < -0.3 is 4.90 Å². The lowest BCUT2D eigenvalue weighted by Gasteiger charge is -2.13. The van der Waals surface area contributed by atoms with Crippen molar-refractivity contribution in [2.45, 2.75) is 5.03 Å². The van der Waals surface area contributed by atoms with Crippen LogP contribution in [0.25, 0.3) is 0 Å². The number of nitrogens with zero attached hydrogens (tertiary/aromatic N) is 4. The molecule has 0 aliphatic carbocycles. The van der Waals surface area contributed by atoms with Crippen LogP contribution in [0.3, 0.4) is 0 Å². The molecule has 2 aromatic rings. The van der Waals surface area contributed by atoms with Crippen molar-refractivity contribution >= 4 is 37.3 Å². The van der Waals surface area contributed by atoms with Gasteiger partial charge in [0.05, 0.1) is 0 Å². The smallest absolute Gasteiger partial charge is 0.281 e. The van der Waals surface area contributed by atoms with Crippen molar-refractivity contribution in [3.05, 3.63) is 28.9 Å². The van der Waals surface area contributed by atoms with Crippen LogP contribution in [0.15, 0.2) is 33.9 Å². The van der Waals surface area contributed by atoms with E-state index in [9.17, 15) is 8.42 Å². The van der Waals surface area contributed by atoms with Crippen LogP contribution < -0.4 is 9.62 Å². The van der Waals surface area contributed by atoms with Gasteiger partial charge in [-0.05, 0) is 40.2 Å². The van der Waals surface area contributed by atoms with Crippen LogP contribution in [0.5, 0.6) is 0 Å². The predicted octanol–water partition coefficient (Wildman–Crippen LogP) is 1.44. The zero-order valence-corrected chi connectivity index (χ0v) is 13.6. The SMILES string of the molecule is CN(C)c1ccc(NS(=O)(=O)c2c(Br)nnn2C)cc1. The zero-order valence-electron chi connectivity index (χ0n) is 11.2. The summed E-state index contributed by atoms with van der Waals surface area (Å²) in [6.07, 6.45) is 0. The number of hydrogen-bond donors (Lipinski definition) is 1. The molecule has 0 aliphatic heterocycles. The summed E-state index contributed by atoms with van der Waals surface area (Å²) in [5.41, 5.74) is 1.46. The largest absolute Gasteiger partial charge is 0.378 e. The van der Waals surface area contributed by atoms with Gasteiger partial charge in [0.1, 0.15) is 0 Å². The van der Waals surface area contributed by atoms with Gasteiger partial charge in [0.15, 0.2) is 4.60 Å². The first-order chi connectivity index (χ1) is 9.31. The maximum Gasteiger partial charge on any atom is 0.281 e. The Bertz CT molecular complexity index is 689. The Hall–Kier alpha value is -1.61. The molecule has 2 rings (SSSR count). The zero-order chi connectivity index (χ0) is 14.9. The number of rotatable bonds is 4. The van der Waals surface area contributed by atoms with Crippen molar-refractivity contribution < 1.29 is 8.42 Å². The average Bonchev–Trinajstić information content (AvgIpc) is 2.69. The molecule has 1 aromatic heterocycles. The lowest BCUT2D eigenvalue weighted by Crippen LogP contribution is -2.17. The molecule has 0 spiro atoms. The Morgan fingerprint density at radius 2 is 1.85 bits per heavy atom. The fourth-order valence-electron chi connectivity index (χ4n) is 1.64. The summed E-state index contributed by atoms with van der Waals surface area (Å²) in [5.74, 6) is 0. The third kappa shape index (κ3) is 2.93. The molecule has 9 heteroatoms. The molecular weight excluding hydrogens is 346 g/mol. The van der Waals surface area contributed by atoms with Gasteiger partial charge in [0, 0.05) is 32.5 Å². The van der Waals surface area contributed by atoms with E-state index in [1.807, 2.05) is 31.1 Å². The van der Waals surface area contributed by atoms with Gasteiger partial charge in [0.2, 0.25) is 5.03 Å². The van der Waals surface area contributed by atoms with E-state index < -0.39 is 10.0 Å². The van der Waals surface area contributed by atoms with Crippen molar-refractivity contribution in [3.8, 4) is 0 Å². The number of benzene rings is 1. The van der Waals surface area contributed by atoms with E-state index in [2.05, 4.69) is 31.0 Å². The number of nitrogens with one attached hydrogen (secondary N) is 1. The molecule has 20 heavy (non-hydrogen) atoms. The summed E-state index contributed by atoms with van der Waals surface area (Å²) in [6.45, 7) is 0. The molecule has 0 fully saturated rings. The first-order valence-corrected chi connectivity index (χ1v) is 7.94. The Morgan fingerprint density at radius 1 is 1.25 bits per heavy atom. The molecule has 1 heterocycles. The van der Waals surface area contributed by atoms with Crippen molar-refractivity contribution in [3.63, 3.8) is 0 Å². The van der Waals surface area contributed by atoms with Gasteiger partial charge in [0.25, 0.3) is 10.0 Å². The van der Waals surface area contributed by atoms with E-state index in [0.717, 1.165) is 5.69 Å². The molecule has 1 N–H and O–H groups in total. The average molecular weight is 360 g/mol. The molecule has 0 radical (unpaired) electrons. The fourth-order valence-corrected chi connectivity index (χ4v) is 3.80. The number of halogens is 1. The summed E-state index contributed by atoms with van der Waals surface area (Å²) in [6, 6.07) is 7.05. The Kier molecular flexibility index (Phi) is 4.00. The normalized spacial score (nSPS) is 11.4. The standard InChI is InChI=1S/C11H14BrN5O2S/c1-16(2)9-6-4-8(5-7-9)14-20(18,19)11-10(12)13-15-17(11)3/h4-7,14H,1-3H3. The molecule has 0 atom stereocenters. The second-order valence-corrected chi connectivity index (χ2v) is 6.70. The third-order valence-corrected chi connectivity index (χ3v) is 4.90. The van der Waals surface area contributed by atoms with Crippen LogP contribution >= 0.6 is 15.9 Å². The quantitative estimate of drug-likeness (QED) is 0.893. The molecule has 0 amide bonds. The molecule has 0 bridgehead atoms. The van der Waals surface area contributed by atoms with Crippen LogP contribution in [-0.2, 0) is 17.1 Å². The predicted molar refractivity (Wildman–Crippen MR) is 80.3 cm³/mol. The van der Waals surface area contributed by atoms with E-state index in [1.54, 1.807) is 12.1 Å². The highest BCUT2D eigenvalue weighted by molar-refractivity contribution is 9.10. The van der Waals surface area contributed by atoms with E-state index in [0.29, 0.717) is 5.69 Å². The van der Waals surface area contributed by atoms with Crippen LogP contribution in [-0.4, -0.2) is 37.5 Å². The number of hydrogen-bond acceptors (Lipinski definition) is 5. The lowest BCUT2D eigenvalue weighted by molar-refractivity contribution is 0.578. The van der Waals surface area contributed by atoms with Crippen LogP contribution in [0.2, 0.25) is 0 Å². The van der Waals surface area contributed by atoms with E-state index in [4.69, 9.17) is 0 Å². The Labute approximate surface area is 125 Å². The first-order valence-electron chi connectivity index (χ1n) is 5.66. The number of aromatic nitrogens is 3. The summed E-state index contributed by atoms with van der Waals surface area (Å²) in [7, 11) is 1.61. The third-order valence-electron chi connectivity index (χ3n) is 2.63. The van der Waals surface area contributed by atoms with Gasteiger partial charge in [-0.1, -0.05) is 5.21 Å². The van der Waals surface area contributed by atoms with Gasteiger partial charge in [-0.3, -0.25) is 4.72 Å². The van der Waals surface area contributed by atoms with Gasteiger partial charge in [-0.2, -0.15) is 8.42 Å². The highest BCUT2D eigenvalue weighted by atomic mass is 79.9. The minimum Gasteiger partial charge on any atom is -0.378 e. The minimum atomic E-state index is -3.74. The lowest BCUT2D eigenvalue weighted by atomic mass is 10.3. The Balaban J connectivity index is 2.29. The van der Waals surface area contributed by atoms with Crippen LogP contribution in [0, 0.1) is 0 Å². The van der Waals surface area contributed by atoms with Gasteiger partial charge in [-0.15, -0.1) is 5.10 Å². The monoisotopic (exact) mass is 359 g/mol. The van der Waals surface area contributed by atoms with Crippen molar-refractivity contribution in [1.29, 1.82) is 0 Å². The maximum atomic E-state index is 12.3. The second-order valence-electron chi connectivity index (χ2n) is 4.36. The molecule has 0 aliphatic rings. The second kappa shape index (κ2) is 5.41. The molecule has 7 nitrogen and oxygen atoms in total. The molecular formula is C11H14BrN5O2S. The molecule has 0 saturated heterocycles. The molecule has 1 aromatic carbocycles. The van der Waals surface area contributed by atoms with Crippen LogP contribution in [0.1, 0.15) is 0 Å².